The van der Waals surface area contributed by atoms with Crippen molar-refractivity contribution in [2.75, 3.05) is 26.2 Å². The van der Waals surface area contributed by atoms with Crippen LogP contribution in [0, 0.1) is 28.9 Å². The van der Waals surface area contributed by atoms with Crippen molar-refractivity contribution in [3.63, 3.8) is 0 Å². The maximum Gasteiger partial charge on any atom is 0.270 e. The highest BCUT2D eigenvalue weighted by molar-refractivity contribution is 7.89. The number of carbonyl (C=O) groups is 1. The molecule has 1 aromatic rings. The molecule has 1 saturated carbocycles. The number of aryl methyl sites for hydroxylation is 1. The van der Waals surface area contributed by atoms with E-state index in [1.54, 1.807) is 11.8 Å². The summed E-state index contributed by atoms with van der Waals surface area (Å²) in [5, 5.41) is 10.9. The van der Waals surface area contributed by atoms with Crippen LogP contribution >= 0.6 is 0 Å². The third-order valence-electron chi connectivity index (χ3n) is 4.98. The van der Waals surface area contributed by atoms with E-state index in [9.17, 15) is 23.3 Å². The number of nitro groups is 1. The smallest absolute Gasteiger partial charge is 0.270 e. The van der Waals surface area contributed by atoms with Crippen LogP contribution in [-0.4, -0.2) is 54.6 Å². The van der Waals surface area contributed by atoms with Gasteiger partial charge in [-0.05, 0) is 24.8 Å². The molecule has 9 heteroatoms. The van der Waals surface area contributed by atoms with Crippen molar-refractivity contribution < 1.29 is 18.1 Å². The first-order valence-electron chi connectivity index (χ1n) is 8.26. The lowest BCUT2D eigenvalue weighted by atomic mass is 10.2. The van der Waals surface area contributed by atoms with Crippen LogP contribution in [0.4, 0.5) is 5.69 Å². The molecule has 8 nitrogen and oxygen atoms in total. The van der Waals surface area contributed by atoms with Crippen molar-refractivity contribution in [3.05, 3.63) is 33.9 Å². The van der Waals surface area contributed by atoms with Crippen LogP contribution < -0.4 is 0 Å². The Hall–Kier alpha value is -2.00. The maximum absolute atomic E-state index is 12.9. The second-order valence-electron chi connectivity index (χ2n) is 6.76. The van der Waals surface area contributed by atoms with E-state index in [0.29, 0.717) is 24.6 Å². The summed E-state index contributed by atoms with van der Waals surface area (Å²) in [4.78, 5) is 24.3. The van der Waals surface area contributed by atoms with Crippen LogP contribution in [0.2, 0.25) is 0 Å². The Labute approximate surface area is 146 Å². The summed E-state index contributed by atoms with van der Waals surface area (Å²) in [5.74, 6) is 0.611. The molecule has 1 saturated heterocycles. The highest BCUT2D eigenvalue weighted by atomic mass is 32.2. The van der Waals surface area contributed by atoms with Crippen molar-refractivity contribution >= 4 is 21.6 Å². The highest BCUT2D eigenvalue weighted by Crippen LogP contribution is 2.39. The van der Waals surface area contributed by atoms with Gasteiger partial charge in [0.05, 0.1) is 9.82 Å². The number of nitro benzene ring substituents is 1. The molecular weight excluding hydrogens is 346 g/mol. The van der Waals surface area contributed by atoms with Crippen LogP contribution in [0.3, 0.4) is 0 Å². The maximum atomic E-state index is 12.9. The zero-order valence-corrected chi connectivity index (χ0v) is 15.0. The minimum atomic E-state index is -3.82. The van der Waals surface area contributed by atoms with Gasteiger partial charge in [0.25, 0.3) is 5.69 Å². The van der Waals surface area contributed by atoms with E-state index in [-0.39, 0.29) is 35.5 Å². The minimum absolute atomic E-state index is 0.0442. The van der Waals surface area contributed by atoms with Crippen molar-refractivity contribution in [1.82, 2.24) is 9.21 Å². The molecule has 1 aromatic carbocycles. The topological polar surface area (TPSA) is 101 Å². The monoisotopic (exact) mass is 367 g/mol. The normalized spacial score (nSPS) is 24.2. The van der Waals surface area contributed by atoms with Crippen LogP contribution in [0.5, 0.6) is 0 Å². The predicted molar refractivity (Wildman–Crippen MR) is 90.4 cm³/mol. The third kappa shape index (κ3) is 3.38. The Kier molecular flexibility index (Phi) is 4.54. The van der Waals surface area contributed by atoms with Crippen molar-refractivity contribution in [1.29, 1.82) is 0 Å². The molecule has 1 heterocycles. The molecular formula is C16H21N3O5S. The number of piperazine rings is 1. The molecule has 25 heavy (non-hydrogen) atoms. The molecule has 1 amide bonds. The lowest BCUT2D eigenvalue weighted by molar-refractivity contribution is -0.385. The zero-order valence-electron chi connectivity index (χ0n) is 14.2. The van der Waals surface area contributed by atoms with Gasteiger partial charge in [0.1, 0.15) is 0 Å². The lowest BCUT2D eigenvalue weighted by Crippen LogP contribution is -2.51. The fourth-order valence-electron chi connectivity index (χ4n) is 3.17. The van der Waals surface area contributed by atoms with Crippen molar-refractivity contribution in [2.45, 2.75) is 25.2 Å². The summed E-state index contributed by atoms with van der Waals surface area (Å²) in [6, 6.07) is 3.84. The molecule has 0 spiro atoms. The number of nitrogens with zero attached hydrogens (tertiary/aromatic N) is 3. The second-order valence-corrected chi connectivity index (χ2v) is 8.66. The Bertz CT molecular complexity index is 815. The SMILES string of the molecule is Cc1ccc([N+](=O)[O-])cc1S(=O)(=O)N1CCN(C(=O)C2CC2C)CC1. The van der Waals surface area contributed by atoms with Gasteiger partial charge in [0, 0.05) is 44.2 Å². The molecule has 136 valence electrons. The molecule has 2 aliphatic rings. The molecule has 0 aromatic heterocycles. The quantitative estimate of drug-likeness (QED) is 0.591. The van der Waals surface area contributed by atoms with Gasteiger partial charge < -0.3 is 4.90 Å². The molecule has 0 bridgehead atoms. The Balaban J connectivity index is 1.75. The Morgan fingerprint density at radius 2 is 1.84 bits per heavy atom. The van der Waals surface area contributed by atoms with E-state index in [2.05, 4.69) is 0 Å². The molecule has 0 N–H and O–H groups in total. The number of hydrogen-bond acceptors (Lipinski definition) is 5. The zero-order chi connectivity index (χ0) is 18.4. The van der Waals surface area contributed by atoms with E-state index < -0.39 is 14.9 Å². The Morgan fingerprint density at radius 3 is 2.36 bits per heavy atom. The van der Waals surface area contributed by atoms with E-state index in [0.717, 1.165) is 12.5 Å². The van der Waals surface area contributed by atoms with E-state index in [4.69, 9.17) is 0 Å². The molecule has 0 radical (unpaired) electrons. The number of benzene rings is 1. The molecule has 2 unspecified atom stereocenters. The largest absolute Gasteiger partial charge is 0.340 e. The number of hydrogen-bond donors (Lipinski definition) is 0. The van der Waals surface area contributed by atoms with Gasteiger partial charge in [-0.1, -0.05) is 13.0 Å². The molecule has 1 aliphatic carbocycles. The van der Waals surface area contributed by atoms with Gasteiger partial charge in [0.2, 0.25) is 15.9 Å². The number of sulfonamides is 1. The fraction of sp³-hybridized carbons (Fsp3) is 0.562. The van der Waals surface area contributed by atoms with Gasteiger partial charge in [0.15, 0.2) is 0 Å². The van der Waals surface area contributed by atoms with E-state index >= 15 is 0 Å². The van der Waals surface area contributed by atoms with E-state index in [1.165, 1.54) is 16.4 Å². The van der Waals surface area contributed by atoms with E-state index in [1.807, 2.05) is 6.92 Å². The minimum Gasteiger partial charge on any atom is -0.340 e. The molecule has 2 atom stereocenters. The standard InChI is InChI=1S/C16H21N3O5S/c1-11-3-4-13(19(21)22)10-15(11)25(23,24)18-7-5-17(6-8-18)16(20)14-9-12(14)2/h3-4,10,12,14H,5-9H2,1-2H3. The van der Waals surface area contributed by atoms with Crippen molar-refractivity contribution in [3.8, 4) is 0 Å². The number of rotatable bonds is 4. The second kappa shape index (κ2) is 6.38. The van der Waals surface area contributed by atoms with Crippen LogP contribution in [-0.2, 0) is 14.8 Å². The number of amides is 1. The van der Waals surface area contributed by atoms with Crippen molar-refractivity contribution in [2.24, 2.45) is 11.8 Å². The summed E-state index contributed by atoms with van der Waals surface area (Å²) in [5.41, 5.74) is 0.219. The van der Waals surface area contributed by atoms with Gasteiger partial charge >= 0.3 is 0 Å². The lowest BCUT2D eigenvalue weighted by Gasteiger charge is -2.34. The van der Waals surface area contributed by atoms with Gasteiger partial charge in [-0.2, -0.15) is 4.31 Å². The summed E-state index contributed by atoms with van der Waals surface area (Å²) in [7, 11) is -3.82. The summed E-state index contributed by atoms with van der Waals surface area (Å²) in [6.45, 7) is 4.78. The van der Waals surface area contributed by atoms with Crippen LogP contribution in [0.15, 0.2) is 23.1 Å². The third-order valence-corrected chi connectivity index (χ3v) is 7.02. The fourth-order valence-corrected chi connectivity index (χ4v) is 4.84. The van der Waals surface area contributed by atoms with Gasteiger partial charge in [-0.3, -0.25) is 14.9 Å². The average molecular weight is 367 g/mol. The van der Waals surface area contributed by atoms with Crippen LogP contribution in [0.25, 0.3) is 0 Å². The van der Waals surface area contributed by atoms with Gasteiger partial charge in [-0.25, -0.2) is 8.42 Å². The predicted octanol–water partition coefficient (Wildman–Crippen LogP) is 1.39. The first kappa shape index (κ1) is 17.8. The highest BCUT2D eigenvalue weighted by Gasteiger charge is 2.42. The van der Waals surface area contributed by atoms with Crippen LogP contribution in [0.1, 0.15) is 18.9 Å². The molecule has 1 aliphatic heterocycles. The molecule has 2 fully saturated rings. The summed E-state index contributed by atoms with van der Waals surface area (Å²) >= 11 is 0. The number of carbonyl (C=O) groups excluding carboxylic acids is 1. The van der Waals surface area contributed by atoms with Gasteiger partial charge in [-0.15, -0.1) is 0 Å². The first-order chi connectivity index (χ1) is 11.7. The average Bonchev–Trinajstić information content (AvgIpc) is 3.31. The molecule has 3 rings (SSSR count). The number of non-ortho nitro benzene ring substituents is 1. The summed E-state index contributed by atoms with van der Waals surface area (Å²) in [6.07, 6.45) is 0.907. The summed E-state index contributed by atoms with van der Waals surface area (Å²) < 4.78 is 27.0. The Morgan fingerprint density at radius 1 is 1.24 bits per heavy atom. The first-order valence-corrected chi connectivity index (χ1v) is 9.70.